The molecule has 0 aromatic heterocycles. The number of methoxy groups -OCH3 is 2. The number of sulfonamides is 1. The largest absolute Gasteiger partial charge is 0.497 e. The predicted molar refractivity (Wildman–Crippen MR) is 97.3 cm³/mol. The quantitative estimate of drug-likeness (QED) is 0.792. The zero-order valence-electron chi connectivity index (χ0n) is 14.5. The maximum atomic E-state index is 13.0. The monoisotopic (exact) mass is 361 g/mol. The van der Waals surface area contributed by atoms with Crippen LogP contribution in [0, 0.1) is 0 Å². The first-order valence-corrected chi connectivity index (χ1v) is 9.91. The van der Waals surface area contributed by atoms with E-state index in [2.05, 4.69) is 0 Å². The summed E-state index contributed by atoms with van der Waals surface area (Å²) in [4.78, 5) is 0. The summed E-state index contributed by atoms with van der Waals surface area (Å²) < 4.78 is 38.4. The average Bonchev–Trinajstić information content (AvgIpc) is 3.12. The van der Waals surface area contributed by atoms with E-state index >= 15 is 0 Å². The zero-order valence-corrected chi connectivity index (χ0v) is 15.3. The average molecular weight is 361 g/mol. The Kier molecular flexibility index (Phi) is 5.30. The van der Waals surface area contributed by atoms with Crippen LogP contribution in [0.4, 0.5) is 0 Å². The van der Waals surface area contributed by atoms with Gasteiger partial charge in [0.2, 0.25) is 10.0 Å². The third-order valence-electron chi connectivity index (χ3n) is 4.55. The molecule has 1 fully saturated rings. The van der Waals surface area contributed by atoms with Crippen molar-refractivity contribution in [2.75, 3.05) is 20.8 Å². The summed E-state index contributed by atoms with van der Waals surface area (Å²) in [5, 5.41) is 0. The van der Waals surface area contributed by atoms with Crippen LogP contribution in [0.5, 0.6) is 11.5 Å². The van der Waals surface area contributed by atoms with E-state index < -0.39 is 10.0 Å². The lowest BCUT2D eigenvalue weighted by Crippen LogP contribution is -2.32. The van der Waals surface area contributed by atoms with Gasteiger partial charge in [-0.3, -0.25) is 0 Å². The van der Waals surface area contributed by atoms with Crippen molar-refractivity contribution in [2.45, 2.75) is 24.6 Å². The van der Waals surface area contributed by atoms with Gasteiger partial charge in [-0.05, 0) is 36.6 Å². The fraction of sp³-hybridized carbons (Fsp3) is 0.368. The Morgan fingerprint density at radius 3 is 2.52 bits per heavy atom. The van der Waals surface area contributed by atoms with Crippen LogP contribution in [0.1, 0.15) is 30.0 Å². The highest BCUT2D eigenvalue weighted by molar-refractivity contribution is 7.88. The molecule has 0 unspecified atom stereocenters. The fourth-order valence-corrected chi connectivity index (χ4v) is 5.14. The van der Waals surface area contributed by atoms with Crippen LogP contribution in [0.25, 0.3) is 0 Å². The van der Waals surface area contributed by atoms with Gasteiger partial charge in [0.05, 0.1) is 26.0 Å². The van der Waals surface area contributed by atoms with Gasteiger partial charge in [0.1, 0.15) is 11.5 Å². The van der Waals surface area contributed by atoms with Crippen molar-refractivity contribution in [3.8, 4) is 11.5 Å². The number of ether oxygens (including phenoxy) is 2. The minimum Gasteiger partial charge on any atom is -0.497 e. The van der Waals surface area contributed by atoms with Gasteiger partial charge < -0.3 is 9.47 Å². The lowest BCUT2D eigenvalue weighted by Gasteiger charge is -2.26. The molecule has 1 aliphatic heterocycles. The van der Waals surface area contributed by atoms with Crippen molar-refractivity contribution >= 4 is 10.0 Å². The summed E-state index contributed by atoms with van der Waals surface area (Å²) in [6, 6.07) is 14.6. The molecule has 0 bridgehead atoms. The molecule has 0 aliphatic carbocycles. The lowest BCUT2D eigenvalue weighted by atomic mass is 10.0. The number of hydrogen-bond acceptors (Lipinski definition) is 4. The fourth-order valence-electron chi connectivity index (χ4n) is 3.35. The van der Waals surface area contributed by atoms with Gasteiger partial charge in [0.15, 0.2) is 0 Å². The molecule has 3 rings (SSSR count). The highest BCUT2D eigenvalue weighted by Crippen LogP contribution is 2.40. The van der Waals surface area contributed by atoms with Crippen LogP contribution in [0.2, 0.25) is 0 Å². The Hall–Kier alpha value is -2.05. The second-order valence-corrected chi connectivity index (χ2v) is 8.04. The lowest BCUT2D eigenvalue weighted by molar-refractivity contribution is 0.361. The first-order valence-electron chi connectivity index (χ1n) is 8.30. The molecule has 0 radical (unpaired) electrons. The predicted octanol–water partition coefficient (Wildman–Crippen LogP) is 3.37. The maximum Gasteiger partial charge on any atom is 0.218 e. The molecular formula is C19H23NO4S. The van der Waals surface area contributed by atoms with Gasteiger partial charge in [-0.2, -0.15) is 4.31 Å². The second-order valence-electron chi connectivity index (χ2n) is 6.12. The second kappa shape index (κ2) is 7.45. The number of nitrogens with zero attached hydrogens (tertiary/aromatic N) is 1. The Balaban J connectivity index is 1.92. The summed E-state index contributed by atoms with van der Waals surface area (Å²) >= 11 is 0. The smallest absolute Gasteiger partial charge is 0.218 e. The van der Waals surface area contributed by atoms with Crippen LogP contribution < -0.4 is 9.47 Å². The number of rotatable bonds is 6. The molecule has 2 aromatic rings. The van der Waals surface area contributed by atoms with Crippen molar-refractivity contribution in [2.24, 2.45) is 0 Å². The van der Waals surface area contributed by atoms with Gasteiger partial charge in [0.25, 0.3) is 0 Å². The molecule has 0 spiro atoms. The van der Waals surface area contributed by atoms with Gasteiger partial charge >= 0.3 is 0 Å². The van der Waals surface area contributed by atoms with Crippen LogP contribution in [0.15, 0.2) is 48.5 Å². The van der Waals surface area contributed by atoms with E-state index in [1.807, 2.05) is 48.5 Å². The Morgan fingerprint density at radius 1 is 1.08 bits per heavy atom. The van der Waals surface area contributed by atoms with E-state index in [-0.39, 0.29) is 11.8 Å². The molecule has 0 saturated carbocycles. The molecule has 0 amide bonds. The third-order valence-corrected chi connectivity index (χ3v) is 6.40. The van der Waals surface area contributed by atoms with E-state index in [9.17, 15) is 8.42 Å². The standard InChI is InChI=1S/C19H23NO4S/c1-23-16-10-11-19(24-2)17(13-16)18-9-6-12-20(18)25(21,22)14-15-7-4-3-5-8-15/h3-5,7-8,10-11,13,18H,6,9,12,14H2,1-2H3/t18-/m1/s1. The number of benzene rings is 2. The van der Waals surface area contributed by atoms with Crippen molar-refractivity contribution in [3.05, 3.63) is 59.7 Å². The molecule has 1 saturated heterocycles. The molecule has 1 heterocycles. The summed E-state index contributed by atoms with van der Waals surface area (Å²) in [5.41, 5.74) is 1.65. The Morgan fingerprint density at radius 2 is 1.84 bits per heavy atom. The Bertz CT molecular complexity index is 821. The molecule has 134 valence electrons. The minimum atomic E-state index is -3.42. The molecule has 0 N–H and O–H groups in total. The topological polar surface area (TPSA) is 55.8 Å². The van der Waals surface area contributed by atoms with E-state index in [1.165, 1.54) is 0 Å². The summed E-state index contributed by atoms with van der Waals surface area (Å²) in [6.07, 6.45) is 1.61. The Labute approximate surface area is 149 Å². The SMILES string of the molecule is COc1ccc(OC)c([C@H]2CCCN2S(=O)(=O)Cc2ccccc2)c1. The zero-order chi connectivity index (χ0) is 17.9. The summed E-state index contributed by atoms with van der Waals surface area (Å²) in [5.74, 6) is 1.40. The molecule has 5 nitrogen and oxygen atoms in total. The highest BCUT2D eigenvalue weighted by atomic mass is 32.2. The van der Waals surface area contributed by atoms with E-state index in [1.54, 1.807) is 18.5 Å². The molecule has 6 heteroatoms. The normalized spacial score (nSPS) is 18.2. The van der Waals surface area contributed by atoms with Gasteiger partial charge in [-0.25, -0.2) is 8.42 Å². The summed E-state index contributed by atoms with van der Waals surface area (Å²) in [6.45, 7) is 0.528. The minimum absolute atomic E-state index is 0.0105. The summed E-state index contributed by atoms with van der Waals surface area (Å²) in [7, 11) is -0.216. The third kappa shape index (κ3) is 3.80. The molecule has 2 aromatic carbocycles. The maximum absolute atomic E-state index is 13.0. The van der Waals surface area contributed by atoms with Crippen LogP contribution in [-0.2, 0) is 15.8 Å². The highest BCUT2D eigenvalue weighted by Gasteiger charge is 2.36. The van der Waals surface area contributed by atoms with E-state index in [0.29, 0.717) is 18.0 Å². The van der Waals surface area contributed by atoms with Gasteiger partial charge in [0, 0.05) is 12.1 Å². The van der Waals surface area contributed by atoms with Crippen molar-refractivity contribution in [3.63, 3.8) is 0 Å². The van der Waals surface area contributed by atoms with Crippen LogP contribution in [0.3, 0.4) is 0 Å². The van der Waals surface area contributed by atoms with E-state index in [4.69, 9.17) is 9.47 Å². The van der Waals surface area contributed by atoms with Crippen molar-refractivity contribution < 1.29 is 17.9 Å². The molecule has 25 heavy (non-hydrogen) atoms. The molecule has 1 atom stereocenters. The van der Waals surface area contributed by atoms with Crippen molar-refractivity contribution in [1.82, 2.24) is 4.31 Å². The van der Waals surface area contributed by atoms with E-state index in [0.717, 1.165) is 24.0 Å². The number of hydrogen-bond donors (Lipinski definition) is 0. The first-order chi connectivity index (χ1) is 12.0. The molecular weight excluding hydrogens is 338 g/mol. The first kappa shape index (κ1) is 17.8. The van der Waals surface area contributed by atoms with Crippen LogP contribution in [-0.4, -0.2) is 33.5 Å². The van der Waals surface area contributed by atoms with Crippen LogP contribution >= 0.6 is 0 Å². The molecule has 1 aliphatic rings. The van der Waals surface area contributed by atoms with Gasteiger partial charge in [-0.15, -0.1) is 0 Å². The van der Waals surface area contributed by atoms with Gasteiger partial charge in [-0.1, -0.05) is 30.3 Å². The van der Waals surface area contributed by atoms with Crippen molar-refractivity contribution in [1.29, 1.82) is 0 Å².